The molecule has 0 radical (unpaired) electrons. The molecule has 0 fully saturated rings. The topological polar surface area (TPSA) is 44.5 Å². The lowest BCUT2D eigenvalue weighted by Gasteiger charge is -2.26. The summed E-state index contributed by atoms with van der Waals surface area (Å²) in [5.41, 5.74) is 6.91. The van der Waals surface area contributed by atoms with E-state index in [1.807, 2.05) is 12.1 Å². The van der Waals surface area contributed by atoms with Crippen molar-refractivity contribution in [2.75, 3.05) is 19.8 Å². The zero-order valence-corrected chi connectivity index (χ0v) is 10.5. The average Bonchev–Trinajstić information content (AvgIpc) is 2.28. The molecule has 16 heavy (non-hydrogen) atoms. The highest BCUT2D eigenvalue weighted by molar-refractivity contribution is 5.85. The first-order valence-electron chi connectivity index (χ1n) is 5.24. The smallest absolute Gasteiger partial charge is 0.161 e. The number of ether oxygens (including phenoxy) is 2. The molecule has 4 heteroatoms. The number of rotatable bonds is 2. The van der Waals surface area contributed by atoms with Crippen molar-refractivity contribution in [3.05, 3.63) is 23.8 Å². The van der Waals surface area contributed by atoms with Gasteiger partial charge in [0.2, 0.25) is 0 Å². The third-order valence-electron chi connectivity index (χ3n) is 2.83. The van der Waals surface area contributed by atoms with Gasteiger partial charge in [0.15, 0.2) is 11.5 Å². The summed E-state index contributed by atoms with van der Waals surface area (Å²) in [4.78, 5) is 0. The molecule has 0 spiro atoms. The van der Waals surface area contributed by atoms with Gasteiger partial charge in [-0.15, -0.1) is 12.4 Å². The summed E-state index contributed by atoms with van der Waals surface area (Å²) < 4.78 is 11.0. The maximum absolute atomic E-state index is 5.74. The van der Waals surface area contributed by atoms with Gasteiger partial charge in [-0.2, -0.15) is 0 Å². The normalized spacial score (nSPS) is 14.2. The Bertz CT molecular complexity index is 366. The third-order valence-corrected chi connectivity index (χ3v) is 2.83. The molecule has 0 amide bonds. The van der Waals surface area contributed by atoms with Crippen LogP contribution in [0, 0.1) is 0 Å². The van der Waals surface area contributed by atoms with E-state index >= 15 is 0 Å². The van der Waals surface area contributed by atoms with Crippen LogP contribution in [-0.4, -0.2) is 19.8 Å². The quantitative estimate of drug-likeness (QED) is 0.866. The molecule has 0 atom stereocenters. The van der Waals surface area contributed by atoms with E-state index in [1.54, 1.807) is 0 Å². The van der Waals surface area contributed by atoms with Gasteiger partial charge < -0.3 is 15.2 Å². The average molecular weight is 244 g/mol. The predicted molar refractivity (Wildman–Crippen MR) is 66.8 cm³/mol. The van der Waals surface area contributed by atoms with Crippen LogP contribution in [-0.2, 0) is 5.41 Å². The first kappa shape index (κ1) is 13.1. The Morgan fingerprint density at radius 2 is 1.81 bits per heavy atom. The van der Waals surface area contributed by atoms with Gasteiger partial charge >= 0.3 is 0 Å². The minimum atomic E-state index is -0.0180. The summed E-state index contributed by atoms with van der Waals surface area (Å²) in [6.45, 7) is 6.12. The summed E-state index contributed by atoms with van der Waals surface area (Å²) in [7, 11) is 0. The van der Waals surface area contributed by atoms with Crippen molar-refractivity contribution >= 4 is 12.4 Å². The molecular formula is C12H18ClNO2. The molecule has 0 saturated carbocycles. The molecule has 1 aliphatic rings. The van der Waals surface area contributed by atoms with Crippen molar-refractivity contribution in [2.45, 2.75) is 19.3 Å². The minimum absolute atomic E-state index is 0. The number of nitrogens with two attached hydrogens (primary N) is 1. The van der Waals surface area contributed by atoms with Crippen LogP contribution in [0.4, 0.5) is 0 Å². The molecule has 0 saturated heterocycles. The highest BCUT2D eigenvalue weighted by Gasteiger charge is 2.21. The maximum Gasteiger partial charge on any atom is 0.161 e. The summed E-state index contributed by atoms with van der Waals surface area (Å²) in [5, 5.41) is 0. The minimum Gasteiger partial charge on any atom is -0.486 e. The van der Waals surface area contributed by atoms with Crippen LogP contribution in [0.15, 0.2) is 18.2 Å². The van der Waals surface area contributed by atoms with E-state index in [-0.39, 0.29) is 17.8 Å². The van der Waals surface area contributed by atoms with Gasteiger partial charge in [-0.05, 0) is 17.7 Å². The van der Waals surface area contributed by atoms with Gasteiger partial charge in [-0.1, -0.05) is 19.9 Å². The van der Waals surface area contributed by atoms with Crippen LogP contribution in [0.1, 0.15) is 19.4 Å². The molecule has 1 heterocycles. The number of fused-ring (bicyclic) bond motifs is 1. The molecule has 0 unspecified atom stereocenters. The molecule has 90 valence electrons. The highest BCUT2D eigenvalue weighted by Crippen LogP contribution is 2.34. The van der Waals surface area contributed by atoms with Crippen molar-refractivity contribution in [2.24, 2.45) is 5.73 Å². The van der Waals surface area contributed by atoms with E-state index < -0.39 is 0 Å². The molecule has 1 aromatic rings. The number of hydrogen-bond acceptors (Lipinski definition) is 3. The molecular weight excluding hydrogens is 226 g/mol. The third kappa shape index (κ3) is 2.42. The Morgan fingerprint density at radius 3 is 2.44 bits per heavy atom. The standard InChI is InChI=1S/C12H17NO2.ClH/c1-12(2,8-13)9-3-4-10-11(7-9)15-6-5-14-10;/h3-4,7H,5-6,8,13H2,1-2H3;1H. The molecule has 1 aliphatic heterocycles. The van der Waals surface area contributed by atoms with Gasteiger partial charge in [0.1, 0.15) is 13.2 Å². The fourth-order valence-corrected chi connectivity index (χ4v) is 1.58. The summed E-state index contributed by atoms with van der Waals surface area (Å²) in [6, 6.07) is 6.04. The van der Waals surface area contributed by atoms with Gasteiger partial charge in [0.25, 0.3) is 0 Å². The van der Waals surface area contributed by atoms with Gasteiger partial charge in [-0.3, -0.25) is 0 Å². The van der Waals surface area contributed by atoms with E-state index in [2.05, 4.69) is 19.9 Å². The van der Waals surface area contributed by atoms with E-state index in [0.29, 0.717) is 19.8 Å². The first-order valence-corrected chi connectivity index (χ1v) is 5.24. The SMILES string of the molecule is CC(C)(CN)c1ccc2c(c1)OCCO2.Cl. The summed E-state index contributed by atoms with van der Waals surface area (Å²) >= 11 is 0. The van der Waals surface area contributed by atoms with E-state index in [9.17, 15) is 0 Å². The Balaban J connectivity index is 0.00000128. The van der Waals surface area contributed by atoms with Crippen molar-refractivity contribution in [1.82, 2.24) is 0 Å². The number of benzene rings is 1. The largest absolute Gasteiger partial charge is 0.486 e. The fraction of sp³-hybridized carbons (Fsp3) is 0.500. The Hall–Kier alpha value is -0.930. The van der Waals surface area contributed by atoms with Crippen LogP contribution in [0.5, 0.6) is 11.5 Å². The summed E-state index contributed by atoms with van der Waals surface area (Å²) in [5.74, 6) is 1.66. The highest BCUT2D eigenvalue weighted by atomic mass is 35.5. The second-order valence-electron chi connectivity index (χ2n) is 4.45. The predicted octanol–water partition coefficient (Wildman–Crippen LogP) is 2.12. The molecule has 0 bridgehead atoms. The Kier molecular flexibility index (Phi) is 4.05. The zero-order chi connectivity index (χ0) is 10.9. The Labute approximate surface area is 102 Å². The summed E-state index contributed by atoms with van der Waals surface area (Å²) in [6.07, 6.45) is 0. The zero-order valence-electron chi connectivity index (χ0n) is 9.66. The van der Waals surface area contributed by atoms with Crippen molar-refractivity contribution in [3.63, 3.8) is 0 Å². The van der Waals surface area contributed by atoms with Crippen LogP contribution >= 0.6 is 12.4 Å². The van der Waals surface area contributed by atoms with Crippen molar-refractivity contribution in [3.8, 4) is 11.5 Å². The Morgan fingerprint density at radius 1 is 1.19 bits per heavy atom. The van der Waals surface area contributed by atoms with Gasteiger partial charge in [0.05, 0.1) is 0 Å². The van der Waals surface area contributed by atoms with Crippen LogP contribution in [0.2, 0.25) is 0 Å². The van der Waals surface area contributed by atoms with Crippen molar-refractivity contribution < 1.29 is 9.47 Å². The number of halogens is 1. The van der Waals surface area contributed by atoms with Crippen LogP contribution in [0.3, 0.4) is 0 Å². The van der Waals surface area contributed by atoms with E-state index in [4.69, 9.17) is 15.2 Å². The molecule has 2 N–H and O–H groups in total. The van der Waals surface area contributed by atoms with E-state index in [0.717, 1.165) is 11.5 Å². The van der Waals surface area contributed by atoms with Crippen LogP contribution < -0.4 is 15.2 Å². The van der Waals surface area contributed by atoms with Crippen molar-refractivity contribution in [1.29, 1.82) is 0 Å². The van der Waals surface area contributed by atoms with Gasteiger partial charge in [0, 0.05) is 12.0 Å². The molecule has 3 nitrogen and oxygen atoms in total. The second kappa shape index (κ2) is 4.93. The lowest BCUT2D eigenvalue weighted by Crippen LogP contribution is -2.28. The molecule has 0 aromatic heterocycles. The van der Waals surface area contributed by atoms with Crippen LogP contribution in [0.25, 0.3) is 0 Å². The molecule has 1 aromatic carbocycles. The molecule has 2 rings (SSSR count). The first-order chi connectivity index (χ1) is 7.13. The number of hydrogen-bond donors (Lipinski definition) is 1. The monoisotopic (exact) mass is 243 g/mol. The second-order valence-corrected chi connectivity index (χ2v) is 4.45. The van der Waals surface area contributed by atoms with E-state index in [1.165, 1.54) is 5.56 Å². The lowest BCUT2D eigenvalue weighted by atomic mass is 9.85. The van der Waals surface area contributed by atoms with Gasteiger partial charge in [-0.25, -0.2) is 0 Å². The maximum atomic E-state index is 5.74. The fourth-order valence-electron chi connectivity index (χ4n) is 1.58. The lowest BCUT2D eigenvalue weighted by molar-refractivity contribution is 0.171. The molecule has 0 aliphatic carbocycles.